The fourth-order valence-electron chi connectivity index (χ4n) is 3.63. The average Bonchev–Trinajstić information content (AvgIpc) is 3.18. The van der Waals surface area contributed by atoms with Crippen molar-refractivity contribution in [1.29, 1.82) is 0 Å². The number of para-hydroxylation sites is 2. The van der Waals surface area contributed by atoms with Gasteiger partial charge in [-0.15, -0.1) is 0 Å². The van der Waals surface area contributed by atoms with Crippen molar-refractivity contribution in [3.8, 4) is 17.3 Å². The molecule has 0 unspecified atom stereocenters. The minimum Gasteiger partial charge on any atom is -0.378 e. The van der Waals surface area contributed by atoms with Crippen LogP contribution >= 0.6 is 0 Å². The van der Waals surface area contributed by atoms with Crippen molar-refractivity contribution in [2.75, 3.05) is 36.9 Å². The molecule has 0 radical (unpaired) electrons. The minimum absolute atomic E-state index is 0.206. The SMILES string of the molecule is CCCc1nc2ccccc2n1-c1nc(-c2cnc(N)nc2)nc(N2CCOCC2)n1. The van der Waals surface area contributed by atoms with Crippen LogP contribution in [0.25, 0.3) is 28.4 Å². The number of imidazole rings is 1. The number of aryl methyl sites for hydroxylation is 1. The Bertz CT molecular complexity index is 1200. The van der Waals surface area contributed by atoms with Gasteiger partial charge in [-0.1, -0.05) is 19.1 Å². The number of benzene rings is 1. The third-order valence-electron chi connectivity index (χ3n) is 5.14. The lowest BCUT2D eigenvalue weighted by Crippen LogP contribution is -2.37. The lowest BCUT2D eigenvalue weighted by Gasteiger charge is -2.27. The molecule has 31 heavy (non-hydrogen) atoms. The van der Waals surface area contributed by atoms with Crippen molar-refractivity contribution in [3.63, 3.8) is 0 Å². The molecule has 5 rings (SSSR count). The molecule has 0 bridgehead atoms. The first-order valence-electron chi connectivity index (χ1n) is 10.4. The average molecular weight is 417 g/mol. The molecule has 2 N–H and O–H groups in total. The van der Waals surface area contributed by atoms with Gasteiger partial charge in [-0.3, -0.25) is 4.57 Å². The van der Waals surface area contributed by atoms with Crippen molar-refractivity contribution >= 4 is 22.9 Å². The molecule has 4 aromatic rings. The van der Waals surface area contributed by atoms with Gasteiger partial charge < -0.3 is 15.4 Å². The summed E-state index contributed by atoms with van der Waals surface area (Å²) >= 11 is 0. The second-order valence-corrected chi connectivity index (χ2v) is 7.29. The third kappa shape index (κ3) is 3.77. The van der Waals surface area contributed by atoms with Gasteiger partial charge in [-0.2, -0.15) is 15.0 Å². The molecule has 0 spiro atoms. The summed E-state index contributed by atoms with van der Waals surface area (Å²) in [5, 5.41) is 0. The number of rotatable bonds is 5. The fourth-order valence-corrected chi connectivity index (χ4v) is 3.63. The zero-order valence-corrected chi connectivity index (χ0v) is 17.3. The van der Waals surface area contributed by atoms with Gasteiger partial charge in [0.15, 0.2) is 5.82 Å². The predicted molar refractivity (Wildman–Crippen MR) is 117 cm³/mol. The van der Waals surface area contributed by atoms with E-state index < -0.39 is 0 Å². The summed E-state index contributed by atoms with van der Waals surface area (Å²) in [6, 6.07) is 8.02. The molecule has 0 atom stereocenters. The Morgan fingerprint density at radius 2 is 1.71 bits per heavy atom. The van der Waals surface area contributed by atoms with Gasteiger partial charge in [0.05, 0.1) is 29.8 Å². The largest absolute Gasteiger partial charge is 0.378 e. The second-order valence-electron chi connectivity index (χ2n) is 7.29. The molecule has 1 saturated heterocycles. The minimum atomic E-state index is 0.206. The third-order valence-corrected chi connectivity index (χ3v) is 5.14. The number of fused-ring (bicyclic) bond motifs is 1. The summed E-state index contributed by atoms with van der Waals surface area (Å²) in [6.45, 7) is 4.83. The molecule has 4 heterocycles. The number of nitrogens with two attached hydrogens (primary N) is 1. The molecule has 10 heteroatoms. The van der Waals surface area contributed by atoms with Crippen LogP contribution in [0.3, 0.4) is 0 Å². The van der Waals surface area contributed by atoms with E-state index in [1.807, 2.05) is 28.8 Å². The van der Waals surface area contributed by atoms with E-state index >= 15 is 0 Å². The Hall–Kier alpha value is -3.66. The highest BCUT2D eigenvalue weighted by Crippen LogP contribution is 2.24. The number of aromatic nitrogens is 7. The van der Waals surface area contributed by atoms with E-state index in [1.54, 1.807) is 12.4 Å². The Labute approximate surface area is 179 Å². The van der Waals surface area contributed by atoms with Crippen LogP contribution in [0.4, 0.5) is 11.9 Å². The molecule has 10 nitrogen and oxygen atoms in total. The van der Waals surface area contributed by atoms with E-state index in [1.165, 1.54) is 0 Å². The first-order chi connectivity index (χ1) is 15.2. The maximum atomic E-state index is 5.66. The van der Waals surface area contributed by atoms with Crippen LogP contribution in [0.5, 0.6) is 0 Å². The summed E-state index contributed by atoms with van der Waals surface area (Å²) in [6.07, 6.45) is 5.03. The summed E-state index contributed by atoms with van der Waals surface area (Å²) in [5.41, 5.74) is 8.22. The zero-order chi connectivity index (χ0) is 21.2. The van der Waals surface area contributed by atoms with Crippen molar-refractivity contribution in [3.05, 3.63) is 42.5 Å². The Morgan fingerprint density at radius 1 is 0.968 bits per heavy atom. The molecular formula is C21H23N9O. The maximum absolute atomic E-state index is 5.66. The summed E-state index contributed by atoms with van der Waals surface area (Å²) in [5.74, 6) is 2.74. The van der Waals surface area contributed by atoms with E-state index in [0.29, 0.717) is 49.6 Å². The van der Waals surface area contributed by atoms with Crippen LogP contribution in [0.15, 0.2) is 36.7 Å². The van der Waals surface area contributed by atoms with E-state index in [4.69, 9.17) is 30.4 Å². The Balaban J connectivity index is 1.71. The summed E-state index contributed by atoms with van der Waals surface area (Å²) in [4.78, 5) is 29.5. The van der Waals surface area contributed by atoms with E-state index in [0.717, 1.165) is 29.7 Å². The van der Waals surface area contributed by atoms with Gasteiger partial charge in [0, 0.05) is 31.9 Å². The molecule has 1 fully saturated rings. The number of morpholine rings is 1. The highest BCUT2D eigenvalue weighted by molar-refractivity contribution is 5.77. The topological polar surface area (TPSA) is 121 Å². The van der Waals surface area contributed by atoms with Crippen molar-refractivity contribution in [1.82, 2.24) is 34.5 Å². The molecule has 158 valence electrons. The first kappa shape index (κ1) is 19.3. The van der Waals surface area contributed by atoms with Gasteiger partial charge in [0.1, 0.15) is 5.82 Å². The Morgan fingerprint density at radius 3 is 2.48 bits per heavy atom. The highest BCUT2D eigenvalue weighted by atomic mass is 16.5. The molecule has 0 amide bonds. The Kier molecular flexibility index (Phi) is 5.13. The van der Waals surface area contributed by atoms with Crippen LogP contribution in [0, 0.1) is 0 Å². The fraction of sp³-hybridized carbons (Fsp3) is 0.333. The number of hydrogen-bond acceptors (Lipinski definition) is 9. The lowest BCUT2D eigenvalue weighted by atomic mass is 10.3. The van der Waals surface area contributed by atoms with Crippen LogP contribution in [0.2, 0.25) is 0 Å². The van der Waals surface area contributed by atoms with E-state index in [9.17, 15) is 0 Å². The number of hydrogen-bond donors (Lipinski definition) is 1. The van der Waals surface area contributed by atoms with Gasteiger partial charge in [0.25, 0.3) is 0 Å². The number of nitrogens with zero attached hydrogens (tertiary/aromatic N) is 8. The molecule has 0 saturated carbocycles. The van der Waals surface area contributed by atoms with Crippen molar-refractivity contribution in [2.45, 2.75) is 19.8 Å². The normalized spacial score (nSPS) is 14.3. The summed E-state index contributed by atoms with van der Waals surface area (Å²) in [7, 11) is 0. The number of nitrogen functional groups attached to an aromatic ring is 1. The smallest absolute Gasteiger partial charge is 0.241 e. The molecule has 1 aromatic carbocycles. The second kappa shape index (κ2) is 8.23. The van der Waals surface area contributed by atoms with Gasteiger partial charge in [0.2, 0.25) is 17.8 Å². The zero-order valence-electron chi connectivity index (χ0n) is 17.3. The van der Waals surface area contributed by atoms with Crippen LogP contribution in [-0.4, -0.2) is 60.8 Å². The van der Waals surface area contributed by atoms with Crippen LogP contribution in [-0.2, 0) is 11.2 Å². The van der Waals surface area contributed by atoms with Gasteiger partial charge >= 0.3 is 0 Å². The molecule has 3 aromatic heterocycles. The number of ether oxygens (including phenoxy) is 1. The molecule has 0 aliphatic carbocycles. The first-order valence-corrected chi connectivity index (χ1v) is 10.4. The quantitative estimate of drug-likeness (QED) is 0.520. The van der Waals surface area contributed by atoms with Gasteiger partial charge in [-0.25, -0.2) is 15.0 Å². The lowest BCUT2D eigenvalue weighted by molar-refractivity contribution is 0.122. The van der Waals surface area contributed by atoms with Crippen molar-refractivity contribution < 1.29 is 4.74 Å². The monoisotopic (exact) mass is 417 g/mol. The number of anilines is 2. The molecular weight excluding hydrogens is 394 g/mol. The van der Waals surface area contributed by atoms with E-state index in [-0.39, 0.29) is 5.95 Å². The van der Waals surface area contributed by atoms with Crippen LogP contribution < -0.4 is 10.6 Å². The molecule has 1 aliphatic rings. The predicted octanol–water partition coefficient (Wildman–Crippen LogP) is 2.04. The van der Waals surface area contributed by atoms with Crippen LogP contribution in [0.1, 0.15) is 19.2 Å². The van der Waals surface area contributed by atoms with Gasteiger partial charge in [-0.05, 0) is 18.6 Å². The van der Waals surface area contributed by atoms with Crippen molar-refractivity contribution in [2.24, 2.45) is 0 Å². The van der Waals surface area contributed by atoms with E-state index in [2.05, 4.69) is 21.8 Å². The highest BCUT2D eigenvalue weighted by Gasteiger charge is 2.21. The summed E-state index contributed by atoms with van der Waals surface area (Å²) < 4.78 is 7.52. The molecule has 1 aliphatic heterocycles. The maximum Gasteiger partial charge on any atom is 0.241 e. The standard InChI is InChI=1S/C21H23N9O/c1-2-5-17-25-15-6-3-4-7-16(15)30(17)21-27-18(14-12-23-19(22)24-13-14)26-20(28-21)29-8-10-31-11-9-29/h3-4,6-7,12-13H,2,5,8-11H2,1H3,(H2,22,23,24).